The number of aromatic nitrogens is 2. The van der Waals surface area contributed by atoms with Crippen LogP contribution in [-0.4, -0.2) is 35.5 Å². The van der Waals surface area contributed by atoms with Crippen LogP contribution in [0.4, 0.5) is 15.8 Å². The minimum atomic E-state index is -0.280. The Kier molecular flexibility index (Phi) is 5.49. The molecule has 1 saturated carbocycles. The molecular formula is C24H28FN5OS. The average molecular weight is 454 g/mol. The van der Waals surface area contributed by atoms with Crippen LogP contribution in [0.1, 0.15) is 53.0 Å². The molecule has 0 radical (unpaired) electrons. The van der Waals surface area contributed by atoms with E-state index in [2.05, 4.69) is 20.2 Å². The Hall–Kier alpha value is -2.74. The lowest BCUT2D eigenvalue weighted by molar-refractivity contribution is 0.0956. The number of thiophene rings is 1. The Morgan fingerprint density at radius 2 is 2.09 bits per heavy atom. The second-order valence-corrected chi connectivity index (χ2v) is 10.3. The van der Waals surface area contributed by atoms with Crippen molar-refractivity contribution in [2.24, 2.45) is 11.8 Å². The van der Waals surface area contributed by atoms with Crippen LogP contribution in [0.2, 0.25) is 0 Å². The van der Waals surface area contributed by atoms with Gasteiger partial charge in [0.25, 0.3) is 5.91 Å². The summed E-state index contributed by atoms with van der Waals surface area (Å²) in [5, 5.41) is 2.90. The van der Waals surface area contributed by atoms with E-state index < -0.39 is 0 Å². The topological polar surface area (TPSA) is 84.1 Å². The van der Waals surface area contributed by atoms with Gasteiger partial charge in [0, 0.05) is 37.4 Å². The predicted molar refractivity (Wildman–Crippen MR) is 127 cm³/mol. The summed E-state index contributed by atoms with van der Waals surface area (Å²) in [5.41, 5.74) is 9.36. The number of amides is 1. The van der Waals surface area contributed by atoms with Gasteiger partial charge in [0.2, 0.25) is 0 Å². The molecule has 3 aromatic rings. The van der Waals surface area contributed by atoms with Crippen molar-refractivity contribution < 1.29 is 9.18 Å². The Labute approximate surface area is 191 Å². The fraction of sp³-hybridized carbons (Fsp3) is 0.458. The maximum Gasteiger partial charge on any atom is 0.263 e. The van der Waals surface area contributed by atoms with Crippen LogP contribution in [0, 0.1) is 24.6 Å². The second kappa shape index (κ2) is 8.31. The van der Waals surface area contributed by atoms with Gasteiger partial charge < -0.3 is 16.0 Å². The number of aryl methyl sites for hydroxylation is 1. The van der Waals surface area contributed by atoms with Crippen LogP contribution in [0.15, 0.2) is 24.4 Å². The number of carbonyl (C=O) groups is 1. The Balaban J connectivity index is 1.25. The standard InChI is InChI=1S/C24H28FN5OS/c1-13(9-28-23(31)22-20(26)21-24(32-22)29-14(2)10-27-21)18-6-5-17(8-19(18)25)30-11-15-3-4-16(7-15)12-30/h5-6,8,10,13,15-16H,3-4,7,9,11-12,26H2,1-2H3,(H,28,31). The smallest absolute Gasteiger partial charge is 0.263 e. The zero-order valence-electron chi connectivity index (χ0n) is 18.4. The van der Waals surface area contributed by atoms with Gasteiger partial charge in [-0.2, -0.15) is 0 Å². The molecule has 3 atom stereocenters. The zero-order valence-corrected chi connectivity index (χ0v) is 19.2. The molecule has 6 nitrogen and oxygen atoms in total. The number of benzene rings is 1. The molecule has 3 unspecified atom stereocenters. The van der Waals surface area contributed by atoms with Gasteiger partial charge in [-0.3, -0.25) is 4.79 Å². The number of carbonyl (C=O) groups excluding carboxylic acids is 1. The molecule has 2 aromatic heterocycles. The Morgan fingerprint density at radius 1 is 1.34 bits per heavy atom. The number of hydrogen-bond acceptors (Lipinski definition) is 6. The van der Waals surface area contributed by atoms with Crippen LogP contribution in [-0.2, 0) is 0 Å². The highest BCUT2D eigenvalue weighted by molar-refractivity contribution is 7.21. The van der Waals surface area contributed by atoms with Crippen molar-refractivity contribution in [3.8, 4) is 0 Å². The van der Waals surface area contributed by atoms with Gasteiger partial charge in [-0.25, -0.2) is 14.4 Å². The molecule has 1 aliphatic heterocycles. The molecule has 3 N–H and O–H groups in total. The largest absolute Gasteiger partial charge is 0.396 e. The maximum absolute atomic E-state index is 15.0. The molecule has 168 valence electrons. The average Bonchev–Trinajstić information content (AvgIpc) is 3.29. The fourth-order valence-corrected chi connectivity index (χ4v) is 6.12. The number of halogens is 1. The van der Waals surface area contributed by atoms with Crippen LogP contribution >= 0.6 is 11.3 Å². The van der Waals surface area contributed by atoms with Gasteiger partial charge in [-0.15, -0.1) is 11.3 Å². The van der Waals surface area contributed by atoms with Crippen LogP contribution < -0.4 is 16.0 Å². The third-order valence-corrected chi connectivity index (χ3v) is 7.91. The minimum Gasteiger partial charge on any atom is -0.396 e. The highest BCUT2D eigenvalue weighted by Gasteiger charge is 2.33. The molecule has 8 heteroatoms. The van der Waals surface area contributed by atoms with E-state index in [-0.39, 0.29) is 17.6 Å². The second-order valence-electron chi connectivity index (χ2n) is 9.28. The normalized spacial score (nSPS) is 21.2. The molecular weight excluding hydrogens is 425 g/mol. The molecule has 5 rings (SSSR count). The summed E-state index contributed by atoms with van der Waals surface area (Å²) in [6, 6.07) is 5.54. The van der Waals surface area contributed by atoms with E-state index in [1.807, 2.05) is 26.0 Å². The summed E-state index contributed by atoms with van der Waals surface area (Å²) in [6.07, 6.45) is 5.56. The van der Waals surface area contributed by atoms with E-state index >= 15 is 0 Å². The van der Waals surface area contributed by atoms with E-state index in [1.165, 1.54) is 30.6 Å². The van der Waals surface area contributed by atoms with E-state index in [1.54, 1.807) is 12.3 Å². The number of rotatable bonds is 5. The van der Waals surface area contributed by atoms with Gasteiger partial charge in [0.15, 0.2) is 0 Å². The lowest BCUT2D eigenvalue weighted by Crippen LogP contribution is -2.36. The van der Waals surface area contributed by atoms with E-state index in [9.17, 15) is 9.18 Å². The first-order valence-electron chi connectivity index (χ1n) is 11.2. The quantitative estimate of drug-likeness (QED) is 0.595. The van der Waals surface area contributed by atoms with Crippen molar-refractivity contribution in [2.45, 2.75) is 39.0 Å². The molecule has 1 aromatic carbocycles. The molecule has 2 fully saturated rings. The minimum absolute atomic E-state index is 0.167. The number of nitrogens with two attached hydrogens (primary N) is 1. The molecule has 2 aliphatic rings. The summed E-state index contributed by atoms with van der Waals surface area (Å²) < 4.78 is 15.0. The summed E-state index contributed by atoms with van der Waals surface area (Å²) >= 11 is 1.23. The van der Waals surface area contributed by atoms with Crippen molar-refractivity contribution in [3.63, 3.8) is 0 Å². The number of anilines is 2. The van der Waals surface area contributed by atoms with Gasteiger partial charge in [0.05, 0.1) is 11.4 Å². The van der Waals surface area contributed by atoms with Crippen molar-refractivity contribution in [1.82, 2.24) is 15.3 Å². The van der Waals surface area contributed by atoms with Crippen molar-refractivity contribution >= 4 is 39.0 Å². The first-order chi connectivity index (χ1) is 15.4. The molecule has 1 saturated heterocycles. The lowest BCUT2D eigenvalue weighted by atomic mass is 9.96. The lowest BCUT2D eigenvalue weighted by Gasteiger charge is -2.34. The van der Waals surface area contributed by atoms with Gasteiger partial charge in [-0.05, 0) is 55.7 Å². The highest BCUT2D eigenvalue weighted by atomic mass is 32.1. The predicted octanol–water partition coefficient (Wildman–Crippen LogP) is 4.49. The number of hydrogen-bond donors (Lipinski definition) is 2. The number of fused-ring (bicyclic) bond motifs is 3. The van der Waals surface area contributed by atoms with Crippen LogP contribution in [0.25, 0.3) is 10.3 Å². The van der Waals surface area contributed by atoms with Crippen molar-refractivity contribution in [2.75, 3.05) is 30.3 Å². The number of nitrogen functional groups attached to an aromatic ring is 1. The molecule has 32 heavy (non-hydrogen) atoms. The summed E-state index contributed by atoms with van der Waals surface area (Å²) in [6.45, 7) is 6.14. The maximum atomic E-state index is 15.0. The molecule has 2 bridgehead atoms. The van der Waals surface area contributed by atoms with E-state index in [4.69, 9.17) is 5.73 Å². The SMILES string of the molecule is Cc1cnc2c(N)c(C(=O)NCC(C)c3ccc(N4CC5CCC(C5)C4)cc3F)sc2n1. The summed E-state index contributed by atoms with van der Waals surface area (Å²) in [7, 11) is 0. The van der Waals surface area contributed by atoms with Gasteiger partial charge in [-0.1, -0.05) is 13.0 Å². The zero-order chi connectivity index (χ0) is 22.4. The van der Waals surface area contributed by atoms with Crippen molar-refractivity contribution in [1.29, 1.82) is 0 Å². The highest BCUT2D eigenvalue weighted by Crippen LogP contribution is 2.38. The first kappa shape index (κ1) is 21.1. The fourth-order valence-electron chi connectivity index (χ4n) is 5.11. The monoisotopic (exact) mass is 453 g/mol. The summed E-state index contributed by atoms with van der Waals surface area (Å²) in [4.78, 5) is 24.8. The van der Waals surface area contributed by atoms with Gasteiger partial charge >= 0.3 is 0 Å². The summed E-state index contributed by atoms with van der Waals surface area (Å²) in [5.74, 6) is 0.840. The first-order valence-corrected chi connectivity index (χ1v) is 12.0. The van der Waals surface area contributed by atoms with E-state index in [0.717, 1.165) is 36.3 Å². The molecule has 0 spiro atoms. The number of piperidine rings is 1. The van der Waals surface area contributed by atoms with Gasteiger partial charge in [0.1, 0.15) is 21.0 Å². The van der Waals surface area contributed by atoms with Crippen LogP contribution in [0.3, 0.4) is 0 Å². The Bertz CT molecular complexity index is 1170. The third kappa shape index (κ3) is 3.92. The van der Waals surface area contributed by atoms with Crippen molar-refractivity contribution in [3.05, 3.63) is 46.3 Å². The number of nitrogens with one attached hydrogen (secondary N) is 1. The third-order valence-electron chi connectivity index (χ3n) is 6.82. The van der Waals surface area contributed by atoms with Crippen LogP contribution in [0.5, 0.6) is 0 Å². The van der Waals surface area contributed by atoms with E-state index in [0.29, 0.717) is 33.0 Å². The molecule has 1 amide bonds. The number of nitrogens with zero attached hydrogens (tertiary/aromatic N) is 3. The Morgan fingerprint density at radius 3 is 2.81 bits per heavy atom. The molecule has 3 heterocycles. The molecule has 1 aliphatic carbocycles.